The van der Waals surface area contributed by atoms with Gasteiger partial charge in [-0.1, -0.05) is 0 Å². The van der Waals surface area contributed by atoms with Gasteiger partial charge in [0.05, 0.1) is 0 Å². The first-order chi connectivity index (χ1) is 20.7. The van der Waals surface area contributed by atoms with Gasteiger partial charge in [-0.25, -0.2) is 0 Å². The van der Waals surface area contributed by atoms with Gasteiger partial charge in [0.15, 0.2) is 0 Å². The molecule has 0 aromatic heterocycles. The molecule has 4 N–H and O–H groups in total. The SMILES string of the molecule is CN(C)c1cc2c(O)c(c1)Cc1cc(N(C)C)cc(c1O)Cc1cc(N(C)C)cc(c1O)Cc1cc(N(C)C)cc(c1O)C2. The monoisotopic (exact) mass is 596 g/mol. The van der Waals surface area contributed by atoms with Crippen molar-refractivity contribution in [2.75, 3.05) is 76.0 Å². The van der Waals surface area contributed by atoms with Crippen molar-refractivity contribution in [2.24, 2.45) is 0 Å². The lowest BCUT2D eigenvalue weighted by molar-refractivity contribution is 0.450. The normalized spacial score (nSPS) is 12.5. The Hall–Kier alpha value is -4.72. The predicted molar refractivity (Wildman–Crippen MR) is 181 cm³/mol. The average molecular weight is 597 g/mol. The Morgan fingerprint density at radius 3 is 0.568 bits per heavy atom. The van der Waals surface area contributed by atoms with Gasteiger partial charge in [-0.2, -0.15) is 0 Å². The molecule has 8 heteroatoms. The Bertz CT molecular complexity index is 1380. The second-order valence-corrected chi connectivity index (χ2v) is 12.7. The van der Waals surface area contributed by atoms with Crippen LogP contribution < -0.4 is 19.6 Å². The number of hydrogen-bond donors (Lipinski definition) is 4. The van der Waals surface area contributed by atoms with Gasteiger partial charge in [0.1, 0.15) is 23.0 Å². The molecule has 0 fully saturated rings. The van der Waals surface area contributed by atoms with Gasteiger partial charge >= 0.3 is 0 Å². The van der Waals surface area contributed by atoms with E-state index in [1.807, 2.05) is 125 Å². The van der Waals surface area contributed by atoms with Crippen LogP contribution in [0.4, 0.5) is 22.7 Å². The van der Waals surface area contributed by atoms with Crippen LogP contribution in [0.25, 0.3) is 0 Å². The Morgan fingerprint density at radius 2 is 0.455 bits per heavy atom. The van der Waals surface area contributed by atoms with Crippen LogP contribution in [-0.4, -0.2) is 76.8 Å². The van der Waals surface area contributed by atoms with Crippen LogP contribution in [0.2, 0.25) is 0 Å². The third-order valence-electron chi connectivity index (χ3n) is 8.60. The third-order valence-corrected chi connectivity index (χ3v) is 8.60. The molecule has 4 aromatic carbocycles. The maximum atomic E-state index is 11.6. The van der Waals surface area contributed by atoms with E-state index in [1.165, 1.54) is 0 Å². The number of nitrogens with zero attached hydrogens (tertiary/aromatic N) is 4. The largest absolute Gasteiger partial charge is 0.507 e. The molecule has 1 aliphatic rings. The summed E-state index contributed by atoms with van der Waals surface area (Å²) in [4.78, 5) is 7.97. The molecule has 5 rings (SSSR count). The van der Waals surface area contributed by atoms with E-state index in [0.717, 1.165) is 22.7 Å². The topological polar surface area (TPSA) is 93.9 Å². The summed E-state index contributed by atoms with van der Waals surface area (Å²) in [5, 5.41) is 46.6. The van der Waals surface area contributed by atoms with Gasteiger partial charge in [0.2, 0.25) is 0 Å². The molecule has 1 aliphatic carbocycles. The first kappa shape index (κ1) is 30.7. The summed E-state index contributed by atoms with van der Waals surface area (Å²) < 4.78 is 0. The lowest BCUT2D eigenvalue weighted by Gasteiger charge is -2.23. The predicted octanol–water partition coefficient (Wildman–Crippen LogP) is 5.45. The molecular formula is C36H44N4O4. The summed E-state index contributed by atoms with van der Waals surface area (Å²) in [6.07, 6.45) is 1.19. The minimum Gasteiger partial charge on any atom is -0.507 e. The van der Waals surface area contributed by atoms with Crippen molar-refractivity contribution in [3.63, 3.8) is 0 Å². The maximum absolute atomic E-state index is 11.6. The van der Waals surface area contributed by atoms with E-state index in [1.54, 1.807) is 0 Å². The van der Waals surface area contributed by atoms with Gasteiger partial charge in [-0.15, -0.1) is 0 Å². The lowest BCUT2D eigenvalue weighted by atomic mass is 9.90. The number of aromatic hydroxyl groups is 4. The van der Waals surface area contributed by atoms with Crippen molar-refractivity contribution in [3.05, 3.63) is 93.0 Å². The fourth-order valence-corrected chi connectivity index (χ4v) is 5.90. The van der Waals surface area contributed by atoms with Crippen LogP contribution in [-0.2, 0) is 25.7 Å². The molecule has 0 atom stereocenters. The van der Waals surface area contributed by atoms with Crippen molar-refractivity contribution < 1.29 is 20.4 Å². The highest BCUT2D eigenvalue weighted by molar-refractivity contribution is 5.66. The van der Waals surface area contributed by atoms with Crippen LogP contribution in [0.3, 0.4) is 0 Å². The van der Waals surface area contributed by atoms with E-state index >= 15 is 0 Å². The Kier molecular flexibility index (Phi) is 8.21. The molecule has 0 amide bonds. The van der Waals surface area contributed by atoms with Crippen LogP contribution in [0.5, 0.6) is 23.0 Å². The van der Waals surface area contributed by atoms with E-state index in [4.69, 9.17) is 0 Å². The molecule has 0 radical (unpaired) electrons. The van der Waals surface area contributed by atoms with Crippen molar-refractivity contribution in [2.45, 2.75) is 25.7 Å². The second-order valence-electron chi connectivity index (χ2n) is 12.7. The zero-order chi connectivity index (χ0) is 32.0. The van der Waals surface area contributed by atoms with Crippen LogP contribution in [0.1, 0.15) is 44.5 Å². The van der Waals surface area contributed by atoms with Gasteiger partial charge in [-0.3, -0.25) is 0 Å². The lowest BCUT2D eigenvalue weighted by Crippen LogP contribution is -2.13. The number of benzene rings is 4. The maximum Gasteiger partial charge on any atom is 0.122 e. The standard InChI is InChI=1S/C36H44N4O4/c1-37(2)29-13-21-9-23-15-30(38(3)4)17-25(34(23)42)11-27-19-32(40(7)8)20-28(36(27)44)12-26-18-31(39(5)6)16-24(35(26)43)10-22(14-29)33(21)41/h13-20,41-44H,9-12H2,1-8H3. The zero-order valence-corrected chi connectivity index (χ0v) is 27.0. The quantitative estimate of drug-likeness (QED) is 0.218. The molecule has 44 heavy (non-hydrogen) atoms. The molecule has 8 nitrogen and oxygen atoms in total. The van der Waals surface area contributed by atoms with E-state index in [0.29, 0.717) is 70.2 Å². The van der Waals surface area contributed by atoms with E-state index in [9.17, 15) is 20.4 Å². The van der Waals surface area contributed by atoms with Crippen LogP contribution in [0.15, 0.2) is 48.5 Å². The highest BCUT2D eigenvalue weighted by atomic mass is 16.3. The zero-order valence-electron chi connectivity index (χ0n) is 27.0. The molecule has 0 saturated heterocycles. The molecule has 0 heterocycles. The summed E-state index contributed by atoms with van der Waals surface area (Å²) in [6.45, 7) is 0. The fraction of sp³-hybridized carbons (Fsp3) is 0.333. The Morgan fingerprint density at radius 1 is 0.318 bits per heavy atom. The summed E-state index contributed by atoms with van der Waals surface area (Å²) in [7, 11) is 15.7. The van der Waals surface area contributed by atoms with Crippen molar-refractivity contribution in [1.82, 2.24) is 0 Å². The molecule has 0 unspecified atom stereocenters. The van der Waals surface area contributed by atoms with Crippen molar-refractivity contribution in [3.8, 4) is 23.0 Å². The van der Waals surface area contributed by atoms with Crippen molar-refractivity contribution in [1.29, 1.82) is 0 Å². The number of anilines is 4. The van der Waals surface area contributed by atoms with Gasteiger partial charge in [0, 0.05) is 149 Å². The molecule has 4 aromatic rings. The molecule has 232 valence electrons. The molecule has 0 aliphatic heterocycles. The van der Waals surface area contributed by atoms with E-state index < -0.39 is 0 Å². The Balaban J connectivity index is 1.84. The minimum atomic E-state index is 0.147. The fourth-order valence-electron chi connectivity index (χ4n) is 5.90. The van der Waals surface area contributed by atoms with E-state index in [2.05, 4.69) is 0 Å². The summed E-state index contributed by atoms with van der Waals surface area (Å²) in [5.41, 5.74) is 9.09. The van der Waals surface area contributed by atoms with Crippen LogP contribution in [0, 0.1) is 0 Å². The number of phenolic OH excluding ortho intramolecular Hbond substituents is 4. The summed E-state index contributed by atoms with van der Waals surface area (Å²) in [5.74, 6) is 0.587. The van der Waals surface area contributed by atoms with Crippen molar-refractivity contribution >= 4 is 22.7 Å². The average Bonchev–Trinajstić information content (AvgIpc) is 2.95. The number of rotatable bonds is 4. The number of phenols is 4. The third kappa shape index (κ3) is 5.89. The highest BCUT2D eigenvalue weighted by Gasteiger charge is 2.22. The smallest absolute Gasteiger partial charge is 0.122 e. The number of fused-ring (bicyclic) bond motifs is 8. The molecule has 0 saturated carbocycles. The summed E-state index contributed by atoms with van der Waals surface area (Å²) in [6, 6.07) is 15.6. The highest BCUT2D eigenvalue weighted by Crippen LogP contribution is 2.41. The van der Waals surface area contributed by atoms with E-state index in [-0.39, 0.29) is 23.0 Å². The van der Waals surface area contributed by atoms with Gasteiger partial charge in [0.25, 0.3) is 0 Å². The van der Waals surface area contributed by atoms with Gasteiger partial charge < -0.3 is 40.0 Å². The number of hydrogen-bond acceptors (Lipinski definition) is 8. The molecular weight excluding hydrogens is 552 g/mol. The first-order valence-corrected chi connectivity index (χ1v) is 14.8. The molecule has 0 spiro atoms. The Labute approximate surface area is 260 Å². The summed E-state index contributed by atoms with van der Waals surface area (Å²) >= 11 is 0. The first-order valence-electron chi connectivity index (χ1n) is 14.8. The second kappa shape index (κ2) is 11.8. The minimum absolute atomic E-state index is 0.147. The van der Waals surface area contributed by atoms with Crippen LogP contribution >= 0.6 is 0 Å². The van der Waals surface area contributed by atoms with Gasteiger partial charge in [-0.05, 0) is 48.5 Å². The molecule has 8 bridgehead atoms.